The number of rotatable bonds is 0. The fraction of sp³-hybridized carbons (Fsp3) is 0.333. The summed E-state index contributed by atoms with van der Waals surface area (Å²) < 4.78 is 1.56. The average Bonchev–Trinajstić information content (AvgIpc) is 1.69. The Kier molecular flexibility index (Phi) is 1.64. The van der Waals surface area contributed by atoms with Gasteiger partial charge in [-0.05, 0) is 6.08 Å². The van der Waals surface area contributed by atoms with Crippen LogP contribution in [0.5, 0.6) is 0 Å². The zero-order valence-electron chi connectivity index (χ0n) is 3.63. The van der Waals surface area contributed by atoms with E-state index < -0.39 is 0 Å². The smallest absolute Gasteiger partial charge is 0.167 e. The van der Waals surface area contributed by atoms with Gasteiger partial charge in [-0.2, -0.15) is 5.43 Å². The summed E-state index contributed by atoms with van der Waals surface area (Å²) in [5.74, 6) is 0. The van der Waals surface area contributed by atoms with E-state index >= 15 is 0 Å². The maximum absolute atomic E-state index is 4.72. The van der Waals surface area contributed by atoms with Crippen molar-refractivity contribution < 1.29 is 3.46 Å². The molecule has 0 atom stereocenters. The first-order chi connectivity index (χ1) is 3.39. The van der Waals surface area contributed by atoms with E-state index in [1.165, 1.54) is 11.9 Å². The van der Waals surface area contributed by atoms with Crippen molar-refractivity contribution in [3.8, 4) is 0 Å². The molecule has 0 aromatic carbocycles. The highest BCUT2D eigenvalue weighted by Gasteiger charge is 2.03. The van der Waals surface area contributed by atoms with E-state index in [-0.39, 0.29) is 0 Å². The fourth-order valence-corrected chi connectivity index (χ4v) is 0.976. The first kappa shape index (κ1) is 5.05. The van der Waals surface area contributed by atoms with E-state index in [1.54, 1.807) is 3.46 Å². The van der Waals surface area contributed by atoms with Crippen LogP contribution in [0, 0.1) is 0 Å². The van der Waals surface area contributed by atoms with Gasteiger partial charge in [-0.15, -0.1) is 0 Å². The highest BCUT2D eigenvalue weighted by atomic mass is 32.2. The minimum Gasteiger partial charge on any atom is -0.167 e. The van der Waals surface area contributed by atoms with Crippen LogP contribution in [0.25, 0.3) is 0 Å². The second-order valence-electron chi connectivity index (χ2n) is 1.10. The van der Waals surface area contributed by atoms with Gasteiger partial charge in [-0.3, -0.25) is 0 Å². The molecule has 38 valence electrons. The molecule has 0 unspecified atom stereocenters. The summed E-state index contributed by atoms with van der Waals surface area (Å²) in [5, 5.41) is 1.96. The minimum atomic E-state index is 0.858. The first-order valence-corrected chi connectivity index (χ1v) is 3.12. The molecule has 0 radical (unpaired) electrons. The van der Waals surface area contributed by atoms with Gasteiger partial charge in [0.05, 0.1) is 6.54 Å². The van der Waals surface area contributed by atoms with Gasteiger partial charge in [0.2, 0.25) is 11.9 Å². The zero-order valence-corrected chi connectivity index (χ0v) is 5.26. The van der Waals surface area contributed by atoms with E-state index in [1.807, 2.05) is 11.5 Å². The van der Waals surface area contributed by atoms with Crippen LogP contribution in [-0.4, -0.2) is 10.0 Å². The predicted molar refractivity (Wildman–Crippen MR) is 32.4 cm³/mol. The summed E-state index contributed by atoms with van der Waals surface area (Å²) in [5.41, 5.74) is 2.91. The van der Waals surface area contributed by atoms with Crippen LogP contribution in [0.1, 0.15) is 0 Å². The number of hydrogen-bond acceptors (Lipinski definition) is 2. The highest BCUT2D eigenvalue weighted by Crippen LogP contribution is 2.02. The fourth-order valence-electron chi connectivity index (χ4n) is 0.311. The molecule has 0 aromatic heterocycles. The molecule has 0 amide bonds. The van der Waals surface area contributed by atoms with Gasteiger partial charge in [-0.1, -0.05) is 0 Å². The molecule has 1 aliphatic rings. The number of nitrogens with zero attached hydrogens (tertiary/aromatic N) is 1. The van der Waals surface area contributed by atoms with Gasteiger partial charge in [0, 0.05) is 8.87 Å². The summed E-state index contributed by atoms with van der Waals surface area (Å²) in [6.45, 7) is 0.858. The maximum atomic E-state index is 4.72. The van der Waals surface area contributed by atoms with Crippen molar-refractivity contribution in [3.05, 3.63) is 11.5 Å². The van der Waals surface area contributed by atoms with Crippen LogP contribution in [-0.2, 0) is 12.4 Å². The van der Waals surface area contributed by atoms with E-state index in [2.05, 4.69) is 5.43 Å². The van der Waals surface area contributed by atoms with Crippen LogP contribution in [0.3, 0.4) is 0 Å². The van der Waals surface area contributed by atoms with Crippen molar-refractivity contribution in [1.29, 1.82) is 0 Å². The molecule has 0 saturated carbocycles. The van der Waals surface area contributed by atoms with Crippen molar-refractivity contribution in [1.82, 2.24) is 5.43 Å². The molecule has 0 aromatic rings. The number of nitrogens with one attached hydrogen (secondary N) is 1. The van der Waals surface area contributed by atoms with Crippen LogP contribution in [0.2, 0.25) is 0 Å². The summed E-state index contributed by atoms with van der Waals surface area (Å²) in [4.78, 5) is 0. The zero-order chi connectivity index (χ0) is 5.11. The lowest BCUT2D eigenvalue weighted by atomic mass is 10.7. The lowest BCUT2D eigenvalue weighted by molar-refractivity contribution is -0.387. The molecule has 0 aliphatic carbocycles. The molecule has 0 spiro atoms. The lowest BCUT2D eigenvalue weighted by Gasteiger charge is -1.95. The molecule has 1 N–H and O–H groups in total. The third-order valence-corrected chi connectivity index (χ3v) is 1.61. The third kappa shape index (κ3) is 1.44. The van der Waals surface area contributed by atoms with Crippen molar-refractivity contribution in [2.75, 3.05) is 6.54 Å². The minimum absolute atomic E-state index is 0.858. The number of hydrazine groups is 1. The Labute approximate surface area is 51.9 Å². The third-order valence-electron chi connectivity index (χ3n) is 0.591. The van der Waals surface area contributed by atoms with E-state index in [4.69, 9.17) is 12.4 Å². The molecule has 4 heteroatoms. The molecule has 1 aliphatic heterocycles. The molecule has 0 saturated heterocycles. The predicted octanol–water partition coefficient (Wildman–Crippen LogP) is 0.409. The maximum Gasteiger partial charge on any atom is 0.314 e. The topological polar surface area (TPSA) is 15.0 Å². The van der Waals surface area contributed by atoms with Gasteiger partial charge >= 0.3 is 12.4 Å². The largest absolute Gasteiger partial charge is 0.314 e. The summed E-state index contributed by atoms with van der Waals surface area (Å²) in [6.07, 6.45) is 2.02. The average molecular weight is 133 g/mol. The Morgan fingerprint density at radius 1 is 1.86 bits per heavy atom. The van der Waals surface area contributed by atoms with Crippen molar-refractivity contribution >= 4 is 24.4 Å². The molecular weight excluding hydrogens is 128 g/mol. The normalized spacial score (nSPS) is 19.1. The Hall–Kier alpha value is -0.0900. The Morgan fingerprint density at radius 3 is 3.00 bits per heavy atom. The van der Waals surface area contributed by atoms with Crippen molar-refractivity contribution in [2.24, 2.45) is 0 Å². The quantitative estimate of drug-likeness (QED) is 0.380. The molecule has 2 nitrogen and oxygen atoms in total. The van der Waals surface area contributed by atoms with Gasteiger partial charge in [0.15, 0.2) is 0 Å². The summed E-state index contributed by atoms with van der Waals surface area (Å²) in [6, 6.07) is 0. The molecule has 0 bridgehead atoms. The van der Waals surface area contributed by atoms with Crippen LogP contribution >= 0.6 is 11.9 Å². The van der Waals surface area contributed by atoms with Gasteiger partial charge in [0.25, 0.3) is 0 Å². The second kappa shape index (κ2) is 2.28. The summed E-state index contributed by atoms with van der Waals surface area (Å²) in [7, 11) is 0. The van der Waals surface area contributed by atoms with Crippen LogP contribution in [0.15, 0.2) is 11.5 Å². The molecule has 1 rings (SSSR count). The standard InChI is InChI=1S/C3H5N2S2/c6-5-4-2-1-3-7-5/h1,3H,2H2,(H,4,6)/q+1. The molecule has 1 heterocycles. The molecule has 0 fully saturated rings. The van der Waals surface area contributed by atoms with Crippen molar-refractivity contribution in [2.45, 2.75) is 0 Å². The monoisotopic (exact) mass is 133 g/mol. The van der Waals surface area contributed by atoms with E-state index in [0.717, 1.165) is 6.54 Å². The Morgan fingerprint density at radius 2 is 2.71 bits per heavy atom. The van der Waals surface area contributed by atoms with Crippen LogP contribution < -0.4 is 5.43 Å². The van der Waals surface area contributed by atoms with Gasteiger partial charge in [0.1, 0.15) is 0 Å². The van der Waals surface area contributed by atoms with Crippen LogP contribution in [0.4, 0.5) is 0 Å². The van der Waals surface area contributed by atoms with E-state index in [9.17, 15) is 0 Å². The summed E-state index contributed by atoms with van der Waals surface area (Å²) >= 11 is 6.20. The Bertz CT molecular complexity index is 110. The molecule has 7 heavy (non-hydrogen) atoms. The molecular formula is C3H5N2S2+. The van der Waals surface area contributed by atoms with Crippen molar-refractivity contribution in [3.63, 3.8) is 0 Å². The van der Waals surface area contributed by atoms with Gasteiger partial charge < -0.3 is 0 Å². The Balaban J connectivity index is 2.47. The second-order valence-corrected chi connectivity index (χ2v) is 2.54. The lowest BCUT2D eigenvalue weighted by Crippen LogP contribution is -2.22. The van der Waals surface area contributed by atoms with E-state index in [0.29, 0.717) is 0 Å². The SMILES string of the molecule is S=[N+]1NCC=CS1. The van der Waals surface area contributed by atoms with Gasteiger partial charge in [-0.25, -0.2) is 0 Å². The number of hydrogen-bond donors (Lipinski definition) is 1. The highest BCUT2D eigenvalue weighted by molar-refractivity contribution is 7.97. The first-order valence-electron chi connectivity index (χ1n) is 1.92.